The van der Waals surface area contributed by atoms with Crippen molar-refractivity contribution in [2.75, 3.05) is 13.1 Å². The summed E-state index contributed by atoms with van der Waals surface area (Å²) in [5, 5.41) is 0. The Morgan fingerprint density at radius 2 is 2.00 bits per heavy atom. The third-order valence-corrected chi connectivity index (χ3v) is 3.07. The largest absolute Gasteiger partial charge is 0.435 e. The van der Waals surface area contributed by atoms with Gasteiger partial charge in [0.25, 0.3) is 5.91 Å². The molecular weight excluding hydrogens is 290 g/mol. The lowest BCUT2D eigenvalue weighted by Gasteiger charge is -2.30. The maximum atomic E-state index is 12.2. The third kappa shape index (κ3) is 4.31. The van der Waals surface area contributed by atoms with Crippen LogP contribution >= 0.6 is 12.4 Å². The van der Waals surface area contributed by atoms with Gasteiger partial charge >= 0.3 is 6.61 Å². The molecule has 0 bridgehead atoms. The normalized spacial score (nSPS) is 18.6. The maximum absolute atomic E-state index is 12.2. The number of ether oxygens (including phenoxy) is 1. The van der Waals surface area contributed by atoms with E-state index in [4.69, 9.17) is 5.73 Å². The van der Waals surface area contributed by atoms with E-state index in [0.29, 0.717) is 18.7 Å². The lowest BCUT2D eigenvalue weighted by Crippen LogP contribution is -2.45. The number of benzene rings is 1. The van der Waals surface area contributed by atoms with Crippen molar-refractivity contribution in [2.24, 2.45) is 5.73 Å². The number of alkyl halides is 2. The summed E-state index contributed by atoms with van der Waals surface area (Å²) < 4.78 is 28.2. The minimum absolute atomic E-state index is 0. The number of carbonyl (C=O) groups excluding carboxylic acids is 1. The summed E-state index contributed by atoms with van der Waals surface area (Å²) in [6, 6.07) is 5.71. The van der Waals surface area contributed by atoms with Crippen molar-refractivity contribution in [3.63, 3.8) is 0 Å². The Morgan fingerprint density at radius 3 is 2.55 bits per heavy atom. The molecule has 4 nitrogen and oxygen atoms in total. The molecule has 0 radical (unpaired) electrons. The van der Waals surface area contributed by atoms with Gasteiger partial charge in [0.15, 0.2) is 0 Å². The number of amides is 1. The zero-order valence-corrected chi connectivity index (χ0v) is 11.6. The smallest absolute Gasteiger partial charge is 0.387 e. The minimum Gasteiger partial charge on any atom is -0.435 e. The highest BCUT2D eigenvalue weighted by atomic mass is 35.5. The van der Waals surface area contributed by atoms with Crippen molar-refractivity contribution < 1.29 is 18.3 Å². The molecule has 20 heavy (non-hydrogen) atoms. The fourth-order valence-electron chi connectivity index (χ4n) is 2.16. The molecular formula is C13H17ClF2N2O2. The predicted molar refractivity (Wildman–Crippen MR) is 73.4 cm³/mol. The van der Waals surface area contributed by atoms with E-state index in [1.54, 1.807) is 4.90 Å². The molecule has 0 saturated carbocycles. The fourth-order valence-corrected chi connectivity index (χ4v) is 2.16. The molecule has 7 heteroatoms. The van der Waals surface area contributed by atoms with E-state index in [1.807, 2.05) is 0 Å². The topological polar surface area (TPSA) is 55.6 Å². The molecule has 0 aliphatic carbocycles. The average molecular weight is 307 g/mol. The highest BCUT2D eigenvalue weighted by Gasteiger charge is 2.22. The Balaban J connectivity index is 0.00000200. The van der Waals surface area contributed by atoms with Crippen molar-refractivity contribution in [1.29, 1.82) is 0 Å². The molecule has 0 aromatic heterocycles. The van der Waals surface area contributed by atoms with Gasteiger partial charge in [0, 0.05) is 24.7 Å². The monoisotopic (exact) mass is 306 g/mol. The van der Waals surface area contributed by atoms with Crippen LogP contribution in [0.1, 0.15) is 23.2 Å². The Morgan fingerprint density at radius 1 is 1.35 bits per heavy atom. The molecule has 1 fully saturated rings. The van der Waals surface area contributed by atoms with E-state index in [-0.39, 0.29) is 30.1 Å². The van der Waals surface area contributed by atoms with Gasteiger partial charge in [-0.05, 0) is 37.1 Å². The molecule has 1 amide bonds. The van der Waals surface area contributed by atoms with Crippen LogP contribution in [-0.2, 0) is 0 Å². The van der Waals surface area contributed by atoms with Crippen molar-refractivity contribution in [3.05, 3.63) is 29.8 Å². The zero-order chi connectivity index (χ0) is 13.8. The maximum Gasteiger partial charge on any atom is 0.387 e. The highest BCUT2D eigenvalue weighted by Crippen LogP contribution is 2.17. The van der Waals surface area contributed by atoms with Gasteiger partial charge in [-0.3, -0.25) is 4.79 Å². The first-order chi connectivity index (χ1) is 9.06. The molecule has 1 aliphatic heterocycles. The second-order valence-corrected chi connectivity index (χ2v) is 4.56. The first kappa shape index (κ1) is 16.7. The van der Waals surface area contributed by atoms with Crippen molar-refractivity contribution in [2.45, 2.75) is 25.5 Å². The van der Waals surface area contributed by atoms with Crippen LogP contribution in [0.3, 0.4) is 0 Å². The summed E-state index contributed by atoms with van der Waals surface area (Å²) in [4.78, 5) is 13.9. The van der Waals surface area contributed by atoms with E-state index in [2.05, 4.69) is 4.74 Å². The number of piperidine rings is 1. The number of carbonyl (C=O) groups is 1. The second kappa shape index (κ2) is 7.40. The molecule has 1 aliphatic rings. The first-order valence-electron chi connectivity index (χ1n) is 6.16. The lowest BCUT2D eigenvalue weighted by molar-refractivity contribution is -0.0498. The number of rotatable bonds is 3. The number of hydrogen-bond donors (Lipinski definition) is 1. The average Bonchev–Trinajstić information content (AvgIpc) is 2.38. The van der Waals surface area contributed by atoms with E-state index >= 15 is 0 Å². The van der Waals surface area contributed by atoms with Gasteiger partial charge in [-0.2, -0.15) is 8.78 Å². The molecule has 2 rings (SSSR count). The molecule has 1 aromatic carbocycles. The number of nitrogens with zero attached hydrogens (tertiary/aromatic N) is 1. The molecule has 1 heterocycles. The summed E-state index contributed by atoms with van der Waals surface area (Å²) in [6.45, 7) is -1.64. The Hall–Kier alpha value is -1.40. The molecule has 1 atom stereocenters. The van der Waals surface area contributed by atoms with Crippen LogP contribution in [0.25, 0.3) is 0 Å². The quantitative estimate of drug-likeness (QED) is 0.932. The van der Waals surface area contributed by atoms with Crippen molar-refractivity contribution >= 4 is 18.3 Å². The standard InChI is InChI=1S/C13H16F2N2O2.ClH/c14-13(15)19-11-5-3-9(4-6-11)12(18)17-7-1-2-10(16)8-17;/h3-6,10,13H,1-2,7-8,16H2;1H. The third-order valence-electron chi connectivity index (χ3n) is 3.07. The van der Waals surface area contributed by atoms with E-state index < -0.39 is 6.61 Å². The van der Waals surface area contributed by atoms with Gasteiger partial charge in [-0.15, -0.1) is 12.4 Å². The van der Waals surface area contributed by atoms with Crippen molar-refractivity contribution in [3.8, 4) is 5.75 Å². The Labute approximate surface area is 122 Å². The first-order valence-corrected chi connectivity index (χ1v) is 6.16. The van der Waals surface area contributed by atoms with E-state index in [1.165, 1.54) is 24.3 Å². The van der Waals surface area contributed by atoms with Crippen LogP contribution in [0, 0.1) is 0 Å². The fraction of sp³-hybridized carbons (Fsp3) is 0.462. The van der Waals surface area contributed by atoms with Gasteiger partial charge in [0.1, 0.15) is 5.75 Å². The van der Waals surface area contributed by atoms with Crippen LogP contribution < -0.4 is 10.5 Å². The summed E-state index contributed by atoms with van der Waals surface area (Å²) in [5.74, 6) is -0.0827. The predicted octanol–water partition coefficient (Wildman–Crippen LogP) is 2.27. The van der Waals surface area contributed by atoms with E-state index in [9.17, 15) is 13.6 Å². The van der Waals surface area contributed by atoms with Crippen molar-refractivity contribution in [1.82, 2.24) is 4.90 Å². The van der Waals surface area contributed by atoms with Crippen LogP contribution in [0.5, 0.6) is 5.75 Å². The van der Waals surface area contributed by atoms with Crippen LogP contribution in [0.4, 0.5) is 8.78 Å². The lowest BCUT2D eigenvalue weighted by atomic mass is 10.1. The van der Waals surface area contributed by atoms with Gasteiger partial charge in [0.05, 0.1) is 0 Å². The number of likely N-dealkylation sites (tertiary alicyclic amines) is 1. The van der Waals surface area contributed by atoms with Crippen LogP contribution in [0.2, 0.25) is 0 Å². The number of hydrogen-bond acceptors (Lipinski definition) is 3. The summed E-state index contributed by atoms with van der Waals surface area (Å²) in [5.41, 5.74) is 6.28. The van der Waals surface area contributed by atoms with E-state index in [0.717, 1.165) is 12.8 Å². The molecule has 1 unspecified atom stereocenters. The molecule has 0 spiro atoms. The van der Waals surface area contributed by atoms with Gasteiger partial charge < -0.3 is 15.4 Å². The van der Waals surface area contributed by atoms with Gasteiger partial charge in [-0.25, -0.2) is 0 Å². The van der Waals surface area contributed by atoms with Crippen LogP contribution in [0.15, 0.2) is 24.3 Å². The molecule has 112 valence electrons. The zero-order valence-electron chi connectivity index (χ0n) is 10.8. The highest BCUT2D eigenvalue weighted by molar-refractivity contribution is 5.94. The van der Waals surface area contributed by atoms with Gasteiger partial charge in [0.2, 0.25) is 0 Å². The molecule has 1 aromatic rings. The summed E-state index contributed by atoms with van der Waals surface area (Å²) in [6.07, 6.45) is 1.81. The minimum atomic E-state index is -2.86. The Bertz CT molecular complexity index is 443. The summed E-state index contributed by atoms with van der Waals surface area (Å²) in [7, 11) is 0. The number of halogens is 3. The number of nitrogens with two attached hydrogens (primary N) is 1. The van der Waals surface area contributed by atoms with Crippen LogP contribution in [-0.4, -0.2) is 36.5 Å². The Kier molecular flexibility index (Phi) is 6.16. The molecule has 1 saturated heterocycles. The van der Waals surface area contributed by atoms with Gasteiger partial charge in [-0.1, -0.05) is 0 Å². The summed E-state index contributed by atoms with van der Waals surface area (Å²) >= 11 is 0. The SMILES string of the molecule is Cl.NC1CCCN(C(=O)c2ccc(OC(F)F)cc2)C1. The second-order valence-electron chi connectivity index (χ2n) is 4.56. The molecule has 2 N–H and O–H groups in total.